The highest BCUT2D eigenvalue weighted by Gasteiger charge is 2.44. The van der Waals surface area contributed by atoms with Gasteiger partial charge in [0.1, 0.15) is 5.54 Å². The van der Waals surface area contributed by atoms with Crippen molar-refractivity contribution in [3.8, 4) is 0 Å². The molecule has 19 heavy (non-hydrogen) atoms. The van der Waals surface area contributed by atoms with Crippen molar-refractivity contribution in [2.24, 2.45) is 5.73 Å². The number of anilines is 1. The SMILES string of the molecule is CC1SCCCC1(Nc1ccc(Cl)c(Br)c1)C(N)=O. The first-order chi connectivity index (χ1) is 8.95. The van der Waals surface area contributed by atoms with Crippen LogP contribution in [0.5, 0.6) is 0 Å². The molecule has 2 atom stereocenters. The van der Waals surface area contributed by atoms with Gasteiger partial charge in [0.2, 0.25) is 5.91 Å². The molecule has 1 aliphatic rings. The van der Waals surface area contributed by atoms with Gasteiger partial charge in [-0.1, -0.05) is 18.5 Å². The number of thioether (sulfide) groups is 1. The van der Waals surface area contributed by atoms with Crippen molar-refractivity contribution in [3.05, 3.63) is 27.7 Å². The van der Waals surface area contributed by atoms with Crippen LogP contribution in [0.25, 0.3) is 0 Å². The van der Waals surface area contributed by atoms with Crippen LogP contribution in [0.15, 0.2) is 22.7 Å². The van der Waals surface area contributed by atoms with Crippen LogP contribution in [0.4, 0.5) is 5.69 Å². The van der Waals surface area contributed by atoms with Gasteiger partial charge in [-0.3, -0.25) is 4.79 Å². The summed E-state index contributed by atoms with van der Waals surface area (Å²) in [7, 11) is 0. The molecule has 1 aromatic rings. The lowest BCUT2D eigenvalue weighted by Gasteiger charge is -2.41. The maximum absolute atomic E-state index is 12.0. The summed E-state index contributed by atoms with van der Waals surface area (Å²) < 4.78 is 0.801. The summed E-state index contributed by atoms with van der Waals surface area (Å²) >= 11 is 11.1. The molecule has 1 aliphatic heterocycles. The average Bonchev–Trinajstić information content (AvgIpc) is 2.36. The highest BCUT2D eigenvalue weighted by atomic mass is 79.9. The minimum absolute atomic E-state index is 0.146. The Hall–Kier alpha value is -0.390. The van der Waals surface area contributed by atoms with Crippen molar-refractivity contribution in [2.75, 3.05) is 11.1 Å². The fraction of sp³-hybridized carbons (Fsp3) is 0.462. The van der Waals surface area contributed by atoms with E-state index in [1.165, 1.54) is 0 Å². The standard InChI is InChI=1S/C13H16BrClN2OS/c1-8-13(12(16)18,5-2-6-19-8)17-9-3-4-11(15)10(14)7-9/h3-4,7-8,17H,2,5-6H2,1H3,(H2,16,18). The van der Waals surface area contributed by atoms with Crippen LogP contribution in [-0.2, 0) is 4.79 Å². The monoisotopic (exact) mass is 362 g/mol. The topological polar surface area (TPSA) is 55.1 Å². The minimum Gasteiger partial charge on any atom is -0.370 e. The smallest absolute Gasteiger partial charge is 0.244 e. The minimum atomic E-state index is -0.684. The molecule has 6 heteroatoms. The fourth-order valence-corrected chi connectivity index (χ4v) is 4.08. The molecule has 2 unspecified atom stereocenters. The van der Waals surface area contributed by atoms with Gasteiger partial charge in [-0.2, -0.15) is 11.8 Å². The van der Waals surface area contributed by atoms with E-state index in [-0.39, 0.29) is 11.2 Å². The quantitative estimate of drug-likeness (QED) is 0.862. The van der Waals surface area contributed by atoms with E-state index in [1.807, 2.05) is 19.1 Å². The lowest BCUT2D eigenvalue weighted by molar-refractivity contribution is -0.122. The lowest BCUT2D eigenvalue weighted by Crippen LogP contribution is -2.58. The van der Waals surface area contributed by atoms with Crippen LogP contribution in [0, 0.1) is 0 Å². The third-order valence-corrected chi connectivity index (χ3v) is 6.14. The molecule has 0 aliphatic carbocycles. The molecule has 104 valence electrons. The lowest BCUT2D eigenvalue weighted by atomic mass is 9.88. The molecule has 0 bridgehead atoms. The number of amides is 1. The van der Waals surface area contributed by atoms with Crippen molar-refractivity contribution in [2.45, 2.75) is 30.6 Å². The van der Waals surface area contributed by atoms with E-state index in [9.17, 15) is 4.79 Å². The van der Waals surface area contributed by atoms with Gasteiger partial charge in [-0.25, -0.2) is 0 Å². The molecule has 1 amide bonds. The molecule has 3 N–H and O–H groups in total. The summed E-state index contributed by atoms with van der Waals surface area (Å²) in [6.45, 7) is 2.05. The normalized spacial score (nSPS) is 27.0. The number of nitrogens with one attached hydrogen (secondary N) is 1. The van der Waals surface area contributed by atoms with Crippen LogP contribution < -0.4 is 11.1 Å². The Labute approximate surface area is 130 Å². The van der Waals surface area contributed by atoms with Crippen LogP contribution in [0.3, 0.4) is 0 Å². The predicted octanol–water partition coefficient (Wildman–Crippen LogP) is 3.65. The van der Waals surface area contributed by atoms with Crippen molar-refractivity contribution in [3.63, 3.8) is 0 Å². The van der Waals surface area contributed by atoms with Crippen molar-refractivity contribution < 1.29 is 4.79 Å². The van der Waals surface area contributed by atoms with Gasteiger partial charge in [0.15, 0.2) is 0 Å². The Morgan fingerprint density at radius 2 is 2.37 bits per heavy atom. The molecule has 3 nitrogen and oxygen atoms in total. The van der Waals surface area contributed by atoms with E-state index in [1.54, 1.807) is 17.8 Å². The van der Waals surface area contributed by atoms with Crippen LogP contribution in [-0.4, -0.2) is 22.4 Å². The zero-order valence-electron chi connectivity index (χ0n) is 10.6. The number of rotatable bonds is 3. The summed E-state index contributed by atoms with van der Waals surface area (Å²) in [5, 5.41) is 4.12. The summed E-state index contributed by atoms with van der Waals surface area (Å²) in [6, 6.07) is 5.53. The maximum atomic E-state index is 12.0. The molecule has 1 heterocycles. The molecular weight excluding hydrogens is 348 g/mol. The second-order valence-electron chi connectivity index (χ2n) is 4.71. The predicted molar refractivity (Wildman–Crippen MR) is 85.9 cm³/mol. The average molecular weight is 364 g/mol. The van der Waals surface area contributed by atoms with Gasteiger partial charge in [0, 0.05) is 15.4 Å². The van der Waals surface area contributed by atoms with Gasteiger partial charge < -0.3 is 11.1 Å². The molecule has 0 aromatic heterocycles. The Morgan fingerprint density at radius 3 is 2.95 bits per heavy atom. The van der Waals surface area contributed by atoms with Gasteiger partial charge in [0.05, 0.1) is 5.02 Å². The largest absolute Gasteiger partial charge is 0.370 e. The maximum Gasteiger partial charge on any atom is 0.244 e. The number of hydrogen-bond donors (Lipinski definition) is 2. The Balaban J connectivity index is 2.30. The number of hydrogen-bond acceptors (Lipinski definition) is 3. The van der Waals surface area contributed by atoms with Gasteiger partial charge >= 0.3 is 0 Å². The number of primary amides is 1. The number of benzene rings is 1. The zero-order chi connectivity index (χ0) is 14.0. The summed E-state index contributed by atoms with van der Waals surface area (Å²) in [6.07, 6.45) is 1.75. The van der Waals surface area contributed by atoms with Crippen LogP contribution in [0.1, 0.15) is 19.8 Å². The first-order valence-electron chi connectivity index (χ1n) is 6.10. The van der Waals surface area contributed by atoms with E-state index in [0.29, 0.717) is 5.02 Å². The van der Waals surface area contributed by atoms with Gasteiger partial charge in [0.25, 0.3) is 0 Å². The summed E-state index contributed by atoms with van der Waals surface area (Å²) in [5.74, 6) is 0.778. The Kier molecular flexibility index (Phi) is 4.69. The van der Waals surface area contributed by atoms with Crippen molar-refractivity contribution in [1.29, 1.82) is 0 Å². The van der Waals surface area contributed by atoms with Gasteiger partial charge in [-0.05, 0) is 52.7 Å². The molecule has 0 saturated carbocycles. The van der Waals surface area contributed by atoms with E-state index < -0.39 is 5.54 Å². The number of halogens is 2. The van der Waals surface area contributed by atoms with E-state index in [4.69, 9.17) is 17.3 Å². The number of carbonyl (C=O) groups is 1. The highest BCUT2D eigenvalue weighted by molar-refractivity contribution is 9.10. The van der Waals surface area contributed by atoms with Crippen molar-refractivity contribution >= 4 is 50.9 Å². The molecule has 1 saturated heterocycles. The van der Waals surface area contributed by atoms with E-state index in [2.05, 4.69) is 21.2 Å². The third-order valence-electron chi connectivity index (χ3n) is 3.50. The molecule has 1 aromatic carbocycles. The van der Waals surface area contributed by atoms with E-state index in [0.717, 1.165) is 28.8 Å². The first kappa shape index (κ1) is 15.0. The summed E-state index contributed by atoms with van der Waals surface area (Å²) in [5.41, 5.74) is 5.82. The Bertz CT molecular complexity index is 500. The van der Waals surface area contributed by atoms with E-state index >= 15 is 0 Å². The molecular formula is C13H16BrClN2OS. The van der Waals surface area contributed by atoms with Gasteiger partial charge in [-0.15, -0.1) is 0 Å². The highest BCUT2D eigenvalue weighted by Crippen LogP contribution is 2.37. The Morgan fingerprint density at radius 1 is 1.63 bits per heavy atom. The molecule has 2 rings (SSSR count). The summed E-state index contributed by atoms with van der Waals surface area (Å²) in [4.78, 5) is 12.0. The molecule has 1 fully saturated rings. The fourth-order valence-electron chi connectivity index (χ4n) is 2.34. The molecule has 0 spiro atoms. The second kappa shape index (κ2) is 5.94. The zero-order valence-corrected chi connectivity index (χ0v) is 13.7. The third kappa shape index (κ3) is 3.03. The molecule has 0 radical (unpaired) electrons. The van der Waals surface area contributed by atoms with Crippen LogP contribution >= 0.6 is 39.3 Å². The van der Waals surface area contributed by atoms with Crippen LogP contribution in [0.2, 0.25) is 5.02 Å². The number of nitrogens with two attached hydrogens (primary N) is 1. The second-order valence-corrected chi connectivity index (χ2v) is 7.42. The number of carbonyl (C=O) groups excluding carboxylic acids is 1. The first-order valence-corrected chi connectivity index (χ1v) is 8.32. The van der Waals surface area contributed by atoms with Crippen molar-refractivity contribution in [1.82, 2.24) is 0 Å².